The lowest BCUT2D eigenvalue weighted by Gasteiger charge is -1.95. The van der Waals surface area contributed by atoms with Gasteiger partial charge in [-0.3, -0.25) is 0 Å². The predicted octanol–water partition coefficient (Wildman–Crippen LogP) is 1.31. The van der Waals surface area contributed by atoms with Gasteiger partial charge < -0.3 is 0 Å². The molecule has 0 saturated heterocycles. The van der Waals surface area contributed by atoms with Gasteiger partial charge in [0.25, 0.3) is 0 Å². The molecule has 0 aromatic carbocycles. The van der Waals surface area contributed by atoms with Gasteiger partial charge in [-0.05, 0) is 24.8 Å². The van der Waals surface area contributed by atoms with E-state index >= 15 is 0 Å². The Morgan fingerprint density at radius 3 is 2.83 bits per heavy atom. The Kier molecular flexibility index (Phi) is 1.56. The quantitative estimate of drug-likeness (QED) is 0.418. The van der Waals surface area contributed by atoms with E-state index in [0.29, 0.717) is 0 Å². The normalized spacial score (nSPS) is 21.3. The van der Waals surface area contributed by atoms with E-state index in [1.807, 2.05) is 6.21 Å². The Balaban J connectivity index is 2.26. The summed E-state index contributed by atoms with van der Waals surface area (Å²) in [5.41, 5.74) is 0. The summed E-state index contributed by atoms with van der Waals surface area (Å²) in [5, 5.41) is 0. The van der Waals surface area contributed by atoms with Crippen molar-refractivity contribution >= 4 is 18.2 Å². The molecule has 1 heterocycles. The Hall–Kier alpha value is 0.0200. The molecule has 0 unspecified atom stereocenters. The van der Waals surface area contributed by atoms with E-state index in [-0.39, 0.29) is 0 Å². The molecule has 0 bridgehead atoms. The summed E-state index contributed by atoms with van der Waals surface area (Å²) >= 11 is 1.61. The molecule has 2 heteroatoms. The van der Waals surface area contributed by atoms with Crippen molar-refractivity contribution < 1.29 is 0 Å². The minimum Gasteiger partial charge on any atom is -0.229 e. The van der Waals surface area contributed by atoms with E-state index in [2.05, 4.69) is 10.8 Å². The second-order valence-electron chi connectivity index (χ2n) is 1.11. The average Bonchev–Trinajstić information content (AvgIpc) is 1.72. The minimum atomic E-state index is 1.06. The smallest absolute Gasteiger partial charge is 0.0188 e. The van der Waals surface area contributed by atoms with Gasteiger partial charge in [0.05, 0.1) is 0 Å². The summed E-state index contributed by atoms with van der Waals surface area (Å²) < 4.78 is 3.94. The lowest BCUT2D eigenvalue weighted by molar-refractivity contribution is 1.29. The highest BCUT2D eigenvalue weighted by molar-refractivity contribution is 7.98. The first-order valence-corrected chi connectivity index (χ1v) is 2.90. The van der Waals surface area contributed by atoms with Crippen molar-refractivity contribution in [2.45, 2.75) is 6.42 Å². The van der Waals surface area contributed by atoms with Crippen LogP contribution in [0.3, 0.4) is 0 Å². The summed E-state index contributed by atoms with van der Waals surface area (Å²) in [6.45, 7) is 0. The Morgan fingerprint density at radius 1 is 1.67 bits per heavy atom. The molecule has 1 radical (unpaired) electrons. The summed E-state index contributed by atoms with van der Waals surface area (Å²) in [5.74, 6) is 1.09. The van der Waals surface area contributed by atoms with Crippen LogP contribution in [0.4, 0.5) is 0 Å². The molecule has 6 heavy (non-hydrogen) atoms. The number of hydrogen-bond acceptors (Lipinski definition) is 2. The third-order valence-corrected chi connectivity index (χ3v) is 1.30. The fraction of sp³-hybridized carbons (Fsp3) is 0.500. The molecule has 0 saturated carbocycles. The predicted molar refractivity (Wildman–Crippen MR) is 29.9 cm³/mol. The maximum Gasteiger partial charge on any atom is 0.0188 e. The molecule has 0 amide bonds. The lowest BCUT2D eigenvalue weighted by atomic mass is 10.4. The van der Waals surface area contributed by atoms with Crippen molar-refractivity contribution in [1.82, 2.24) is 0 Å². The first-order valence-electron chi connectivity index (χ1n) is 1.95. The van der Waals surface area contributed by atoms with E-state index in [4.69, 9.17) is 0 Å². The Bertz CT molecular complexity index is 52.6. The molecule has 0 fully saturated rings. The first kappa shape index (κ1) is 4.19. The third kappa shape index (κ3) is 1.01. The summed E-state index contributed by atoms with van der Waals surface area (Å²) in [4.78, 5) is 0. The van der Waals surface area contributed by atoms with Crippen molar-refractivity contribution in [3.63, 3.8) is 0 Å². The monoisotopic (exact) mass is 100 g/mol. The van der Waals surface area contributed by atoms with Gasteiger partial charge in [0.2, 0.25) is 0 Å². The number of rotatable bonds is 0. The van der Waals surface area contributed by atoms with Crippen molar-refractivity contribution in [3.8, 4) is 0 Å². The average molecular weight is 100 g/mol. The zero-order chi connectivity index (χ0) is 4.24. The number of hydrogen-bond donors (Lipinski definition) is 0. The second kappa shape index (κ2) is 2.24. The van der Waals surface area contributed by atoms with E-state index in [1.54, 1.807) is 11.9 Å². The van der Waals surface area contributed by atoms with Crippen LogP contribution in [0.25, 0.3) is 0 Å². The van der Waals surface area contributed by atoms with Crippen LogP contribution >= 0.6 is 11.9 Å². The Labute approximate surface area is 42.0 Å². The van der Waals surface area contributed by atoms with Gasteiger partial charge in [0.15, 0.2) is 0 Å². The van der Waals surface area contributed by atoms with Crippen molar-refractivity contribution in [2.24, 2.45) is 4.40 Å². The zero-order valence-electron chi connectivity index (χ0n) is 3.42. The van der Waals surface area contributed by atoms with Crippen LogP contribution in [0.15, 0.2) is 4.40 Å². The molecule has 0 N–H and O–H groups in total. The molecule has 0 aromatic heterocycles. The van der Waals surface area contributed by atoms with Crippen LogP contribution in [0, 0.1) is 6.42 Å². The van der Waals surface area contributed by atoms with Gasteiger partial charge in [-0.1, -0.05) is 0 Å². The molecule has 1 rings (SSSR count). The van der Waals surface area contributed by atoms with Crippen molar-refractivity contribution in [3.05, 3.63) is 6.42 Å². The highest BCUT2D eigenvalue weighted by atomic mass is 32.2. The summed E-state index contributed by atoms with van der Waals surface area (Å²) in [7, 11) is 0. The van der Waals surface area contributed by atoms with Gasteiger partial charge in [0, 0.05) is 12.0 Å². The molecule has 0 atom stereocenters. The molecule has 1 nitrogen and oxygen atoms in total. The van der Waals surface area contributed by atoms with E-state index in [9.17, 15) is 0 Å². The van der Waals surface area contributed by atoms with Gasteiger partial charge in [-0.15, -0.1) is 0 Å². The fourth-order valence-corrected chi connectivity index (χ4v) is 0.853. The standard InChI is InChI=1S/C4H6NS/c1-2-4-6-5-3-1/h2-3H,1,4H2. The highest BCUT2D eigenvalue weighted by Crippen LogP contribution is 2.08. The van der Waals surface area contributed by atoms with E-state index in [0.717, 1.165) is 12.2 Å². The number of nitrogens with zero attached hydrogens (tertiary/aromatic N) is 1. The third-order valence-electron chi connectivity index (χ3n) is 0.614. The van der Waals surface area contributed by atoms with Crippen LogP contribution in [0.2, 0.25) is 0 Å². The van der Waals surface area contributed by atoms with Gasteiger partial charge in [-0.25, -0.2) is 4.40 Å². The molecule has 0 aliphatic carbocycles. The molecule has 1 aliphatic rings. The van der Waals surface area contributed by atoms with Crippen molar-refractivity contribution in [1.29, 1.82) is 0 Å². The maximum absolute atomic E-state index is 3.94. The Morgan fingerprint density at radius 2 is 2.67 bits per heavy atom. The van der Waals surface area contributed by atoms with E-state index in [1.165, 1.54) is 0 Å². The first-order chi connectivity index (χ1) is 3.00. The summed E-state index contributed by atoms with van der Waals surface area (Å²) in [6, 6.07) is 0. The van der Waals surface area contributed by atoms with Gasteiger partial charge >= 0.3 is 0 Å². The summed E-state index contributed by atoms with van der Waals surface area (Å²) in [6.07, 6.45) is 5.19. The van der Waals surface area contributed by atoms with Crippen LogP contribution in [0.1, 0.15) is 6.42 Å². The van der Waals surface area contributed by atoms with Crippen LogP contribution in [0.5, 0.6) is 0 Å². The maximum atomic E-state index is 3.94. The van der Waals surface area contributed by atoms with Gasteiger partial charge in [0.1, 0.15) is 0 Å². The highest BCUT2D eigenvalue weighted by Gasteiger charge is 1.89. The van der Waals surface area contributed by atoms with Crippen LogP contribution < -0.4 is 0 Å². The van der Waals surface area contributed by atoms with E-state index < -0.39 is 0 Å². The largest absolute Gasteiger partial charge is 0.229 e. The molecule has 0 aromatic rings. The minimum absolute atomic E-state index is 1.06. The van der Waals surface area contributed by atoms with Gasteiger partial charge in [-0.2, -0.15) is 0 Å². The second-order valence-corrected chi connectivity index (χ2v) is 1.91. The van der Waals surface area contributed by atoms with Crippen LogP contribution in [-0.2, 0) is 0 Å². The van der Waals surface area contributed by atoms with Crippen molar-refractivity contribution in [2.75, 3.05) is 5.75 Å². The fourth-order valence-electron chi connectivity index (χ4n) is 0.334. The lowest BCUT2D eigenvalue weighted by Crippen LogP contribution is -1.85. The molecule has 0 spiro atoms. The molecular formula is C4H6NS. The molecular weight excluding hydrogens is 94.1 g/mol. The molecule has 33 valence electrons. The molecule has 1 aliphatic heterocycles. The SMILES string of the molecule is [CH]1CC=NSC1. The zero-order valence-corrected chi connectivity index (χ0v) is 4.24. The van der Waals surface area contributed by atoms with Crippen LogP contribution in [-0.4, -0.2) is 12.0 Å². The topological polar surface area (TPSA) is 12.4 Å².